The summed E-state index contributed by atoms with van der Waals surface area (Å²) >= 11 is 0. The molecule has 0 bridgehead atoms. The summed E-state index contributed by atoms with van der Waals surface area (Å²) in [6.45, 7) is 24.6. The van der Waals surface area contributed by atoms with E-state index in [9.17, 15) is 10.2 Å². The van der Waals surface area contributed by atoms with E-state index in [4.69, 9.17) is 14.5 Å². The van der Waals surface area contributed by atoms with Crippen LogP contribution in [-0.2, 0) is 44.6 Å². The summed E-state index contributed by atoms with van der Waals surface area (Å²) in [6.07, 6.45) is 6.07. The van der Waals surface area contributed by atoms with E-state index in [1.54, 1.807) is 12.4 Å². The fraction of sp³-hybridized carbons (Fsp3) is 0.528. The number of aromatic nitrogens is 2. The van der Waals surface area contributed by atoms with Gasteiger partial charge < -0.3 is 19.7 Å². The van der Waals surface area contributed by atoms with Crippen molar-refractivity contribution in [3.05, 3.63) is 64.7 Å². The van der Waals surface area contributed by atoms with Gasteiger partial charge in [-0.2, -0.15) is 0 Å². The zero-order valence-electron chi connectivity index (χ0n) is 29.0. The number of aliphatic imine (C=N–C) groups is 1. The molecule has 44 heavy (non-hydrogen) atoms. The van der Waals surface area contributed by atoms with Gasteiger partial charge in [0.25, 0.3) is 0 Å². The van der Waals surface area contributed by atoms with Crippen molar-refractivity contribution in [1.29, 1.82) is 0 Å². The van der Waals surface area contributed by atoms with Crippen LogP contribution in [0.1, 0.15) is 111 Å². The molecule has 3 aromatic rings. The predicted molar refractivity (Wildman–Crippen MR) is 174 cm³/mol. The molecule has 1 aromatic heterocycles. The average Bonchev–Trinajstić information content (AvgIpc) is 2.88. The third-order valence-electron chi connectivity index (χ3n) is 7.02. The third-order valence-corrected chi connectivity index (χ3v) is 7.02. The summed E-state index contributed by atoms with van der Waals surface area (Å²) in [5, 5.41) is 25.0. The van der Waals surface area contributed by atoms with Crippen LogP contribution in [0.25, 0.3) is 0 Å². The van der Waals surface area contributed by atoms with E-state index in [2.05, 4.69) is 69.7 Å². The maximum Gasteiger partial charge on any atom is 2.00 e. The second-order valence-electron chi connectivity index (χ2n) is 14.9. The SMILES string of the molecule is CC(C)(C)c1ccc(C(C)(C)C)c(N=CCc2ncccn2)c1.COc1c(OC)c(C(C)(C)C)c([O-])c([O-])c1C(C)(C)C.[Ni+2]. The molecule has 0 spiro atoms. The van der Waals surface area contributed by atoms with Crippen molar-refractivity contribution >= 4 is 11.9 Å². The van der Waals surface area contributed by atoms with Gasteiger partial charge in [-0.3, -0.25) is 4.99 Å². The smallest absolute Gasteiger partial charge is 0.873 e. The first-order chi connectivity index (χ1) is 19.6. The molecule has 0 aliphatic rings. The van der Waals surface area contributed by atoms with Gasteiger partial charge in [-0.05, 0) is 56.0 Å². The van der Waals surface area contributed by atoms with Crippen LogP contribution in [0, 0.1) is 0 Å². The minimum atomic E-state index is -0.500. The Bertz CT molecular complexity index is 1360. The molecular formula is C36H51N3NiO4. The van der Waals surface area contributed by atoms with Crippen molar-refractivity contribution in [2.45, 2.75) is 111 Å². The van der Waals surface area contributed by atoms with E-state index >= 15 is 0 Å². The second kappa shape index (κ2) is 14.8. The Labute approximate surface area is 275 Å². The van der Waals surface area contributed by atoms with Crippen LogP contribution in [0.3, 0.4) is 0 Å². The number of hydrogen-bond acceptors (Lipinski definition) is 7. The number of nitrogens with zero attached hydrogens (tertiary/aromatic N) is 3. The van der Waals surface area contributed by atoms with Gasteiger partial charge in [0, 0.05) is 25.0 Å². The Morgan fingerprint density at radius 3 is 1.52 bits per heavy atom. The first-order valence-corrected chi connectivity index (χ1v) is 14.7. The largest absolute Gasteiger partial charge is 2.00 e. The zero-order valence-corrected chi connectivity index (χ0v) is 30.0. The first kappa shape index (κ1) is 38.9. The maximum atomic E-state index is 12.5. The number of methoxy groups -OCH3 is 2. The first-order valence-electron chi connectivity index (χ1n) is 14.7. The molecule has 1 heterocycles. The topological polar surface area (TPSA) is 103 Å². The summed E-state index contributed by atoms with van der Waals surface area (Å²) in [5.74, 6) is 0.532. The quantitative estimate of drug-likeness (QED) is 0.210. The van der Waals surface area contributed by atoms with E-state index in [-0.39, 0.29) is 27.3 Å². The van der Waals surface area contributed by atoms with E-state index in [1.807, 2.05) is 53.8 Å². The molecule has 0 saturated heterocycles. The van der Waals surface area contributed by atoms with Gasteiger partial charge in [0.05, 0.1) is 19.9 Å². The van der Waals surface area contributed by atoms with Crippen molar-refractivity contribution in [2.24, 2.45) is 4.99 Å². The van der Waals surface area contributed by atoms with Gasteiger partial charge in [0.1, 0.15) is 5.82 Å². The van der Waals surface area contributed by atoms with Crippen molar-refractivity contribution in [1.82, 2.24) is 9.97 Å². The fourth-order valence-electron chi connectivity index (χ4n) is 4.81. The Morgan fingerprint density at radius 2 is 1.16 bits per heavy atom. The van der Waals surface area contributed by atoms with Crippen LogP contribution in [0.15, 0.2) is 41.7 Å². The van der Waals surface area contributed by atoms with Gasteiger partial charge in [0.2, 0.25) is 0 Å². The Balaban J connectivity index is 0.000000435. The summed E-state index contributed by atoms with van der Waals surface area (Å²) < 4.78 is 10.8. The molecule has 0 amide bonds. The summed E-state index contributed by atoms with van der Waals surface area (Å²) in [5.41, 5.74) is 3.53. The molecule has 0 fully saturated rings. The molecule has 7 nitrogen and oxygen atoms in total. The summed E-state index contributed by atoms with van der Waals surface area (Å²) in [7, 11) is 2.98. The van der Waals surface area contributed by atoms with E-state index in [0.29, 0.717) is 29.0 Å². The van der Waals surface area contributed by atoms with Crippen molar-refractivity contribution in [3.8, 4) is 23.0 Å². The van der Waals surface area contributed by atoms with Crippen LogP contribution in [0.2, 0.25) is 0 Å². The van der Waals surface area contributed by atoms with Gasteiger partial charge in [0.15, 0.2) is 11.5 Å². The molecule has 0 saturated carbocycles. The Morgan fingerprint density at radius 1 is 0.705 bits per heavy atom. The van der Waals surface area contributed by atoms with Crippen molar-refractivity contribution in [3.63, 3.8) is 0 Å². The molecular weight excluding hydrogens is 597 g/mol. The Hall–Kier alpha value is -3.12. The van der Waals surface area contributed by atoms with Crippen LogP contribution >= 0.6 is 0 Å². The number of hydrogen-bond donors (Lipinski definition) is 0. The summed E-state index contributed by atoms with van der Waals surface area (Å²) in [4.78, 5) is 13.2. The second-order valence-corrected chi connectivity index (χ2v) is 14.9. The molecule has 244 valence electrons. The standard InChI is InChI=1S/C20H27N3.C16H26O4.Ni/c1-19(2,3)15-8-9-16(20(4,5)6)17(14-15)21-13-10-18-22-11-7-12-23-18;1-15(2,3)9-11(17)12(18)10(16(4,5)6)14(20-8)13(9)19-7;/h7-9,11-14H,10H2,1-6H3;17-18H,1-8H3;/q;;+2/p-2. The van der Waals surface area contributed by atoms with E-state index in [1.165, 1.54) is 25.3 Å². The molecule has 0 aliphatic carbocycles. The number of ether oxygens (including phenoxy) is 2. The minimum absolute atomic E-state index is 0. The predicted octanol–water partition coefficient (Wildman–Crippen LogP) is 7.46. The van der Waals surface area contributed by atoms with Crippen LogP contribution < -0.4 is 19.7 Å². The molecule has 3 rings (SSSR count). The fourth-order valence-corrected chi connectivity index (χ4v) is 4.81. The maximum absolute atomic E-state index is 12.5. The van der Waals surface area contributed by atoms with Gasteiger partial charge in [-0.25, -0.2) is 9.97 Å². The molecule has 0 N–H and O–H groups in total. The molecule has 0 radical (unpaired) electrons. The van der Waals surface area contributed by atoms with Gasteiger partial charge >= 0.3 is 16.5 Å². The molecule has 8 heteroatoms. The molecule has 2 aromatic carbocycles. The van der Waals surface area contributed by atoms with Crippen LogP contribution in [0.5, 0.6) is 23.0 Å². The minimum Gasteiger partial charge on any atom is -0.873 e. The van der Waals surface area contributed by atoms with Crippen molar-refractivity contribution in [2.75, 3.05) is 14.2 Å². The molecule has 0 unspecified atom stereocenters. The normalized spacial score (nSPS) is 12.3. The van der Waals surface area contributed by atoms with Gasteiger partial charge in [-0.1, -0.05) is 95.2 Å². The van der Waals surface area contributed by atoms with Crippen molar-refractivity contribution < 1.29 is 36.2 Å². The monoisotopic (exact) mass is 647 g/mol. The molecule has 0 aliphatic heterocycles. The molecule has 0 atom stereocenters. The van der Waals surface area contributed by atoms with E-state index in [0.717, 1.165) is 11.5 Å². The van der Waals surface area contributed by atoms with E-state index < -0.39 is 22.3 Å². The van der Waals surface area contributed by atoms with Crippen LogP contribution in [-0.4, -0.2) is 30.4 Å². The van der Waals surface area contributed by atoms with Gasteiger partial charge in [-0.15, -0.1) is 11.5 Å². The third kappa shape index (κ3) is 9.69. The van der Waals surface area contributed by atoms with Crippen LogP contribution in [0.4, 0.5) is 5.69 Å². The number of benzene rings is 2. The number of rotatable bonds is 5. The summed E-state index contributed by atoms with van der Waals surface area (Å²) in [6, 6.07) is 8.47. The Kier molecular flexibility index (Phi) is 13.1. The average molecular weight is 649 g/mol. The zero-order chi connectivity index (χ0) is 33.0.